The number of rotatable bonds is 4. The van der Waals surface area contributed by atoms with Crippen molar-refractivity contribution < 1.29 is 24.2 Å². The van der Waals surface area contributed by atoms with Gasteiger partial charge in [0.05, 0.1) is 31.5 Å². The highest BCUT2D eigenvalue weighted by atomic mass is 16.5. The van der Waals surface area contributed by atoms with E-state index >= 15 is 0 Å². The van der Waals surface area contributed by atoms with E-state index in [1.54, 1.807) is 12.1 Å². The van der Waals surface area contributed by atoms with Crippen LogP contribution in [0, 0.1) is 11.8 Å². The van der Waals surface area contributed by atoms with Crippen molar-refractivity contribution >= 4 is 17.6 Å². The van der Waals surface area contributed by atoms with E-state index in [1.807, 2.05) is 6.07 Å². The highest BCUT2D eigenvalue weighted by Gasteiger charge is 2.61. The average Bonchev–Trinajstić information content (AvgIpc) is 3.24. The number of amides is 1. The molecule has 0 aromatic heterocycles. The Kier molecular flexibility index (Phi) is 5.02. The summed E-state index contributed by atoms with van der Waals surface area (Å²) in [6.07, 6.45) is 3.67. The highest BCUT2D eigenvalue weighted by molar-refractivity contribution is 6.08. The smallest absolute Gasteiger partial charge is 0.337 e. The van der Waals surface area contributed by atoms with Gasteiger partial charge >= 0.3 is 5.97 Å². The molecule has 4 atom stereocenters. The minimum atomic E-state index is -0.800. The molecule has 2 saturated heterocycles. The van der Waals surface area contributed by atoms with Gasteiger partial charge in [0, 0.05) is 23.8 Å². The number of piperidine rings is 1. The molecule has 1 amide bonds. The number of esters is 1. The maximum Gasteiger partial charge on any atom is 0.337 e. The van der Waals surface area contributed by atoms with E-state index in [9.17, 15) is 14.7 Å². The summed E-state index contributed by atoms with van der Waals surface area (Å²) < 4.78 is 10.2. The van der Waals surface area contributed by atoms with Gasteiger partial charge in [0.15, 0.2) is 0 Å². The lowest BCUT2D eigenvalue weighted by Crippen LogP contribution is -2.53. The van der Waals surface area contributed by atoms with Crippen LogP contribution in [0.25, 0.3) is 0 Å². The van der Waals surface area contributed by atoms with E-state index in [0.717, 1.165) is 19.5 Å². The van der Waals surface area contributed by atoms with E-state index in [4.69, 9.17) is 9.47 Å². The summed E-state index contributed by atoms with van der Waals surface area (Å²) in [6, 6.07) is 5.12. The molecule has 7 heteroatoms. The first-order valence-corrected chi connectivity index (χ1v) is 10.2. The summed E-state index contributed by atoms with van der Waals surface area (Å²) in [5.74, 6) is -0.125. The number of anilines is 1. The molecular weight excluding hydrogens is 372 g/mol. The molecule has 0 radical (unpaired) electrons. The van der Waals surface area contributed by atoms with Crippen LogP contribution in [0.4, 0.5) is 5.69 Å². The summed E-state index contributed by atoms with van der Waals surface area (Å²) in [7, 11) is 2.90. The van der Waals surface area contributed by atoms with Crippen LogP contribution in [0.1, 0.15) is 31.7 Å². The van der Waals surface area contributed by atoms with Gasteiger partial charge in [0.25, 0.3) is 0 Å². The lowest BCUT2D eigenvalue weighted by atomic mass is 9.67. The van der Waals surface area contributed by atoms with Crippen molar-refractivity contribution in [2.45, 2.75) is 37.6 Å². The number of benzene rings is 1. The predicted octanol–water partition coefficient (Wildman–Crippen LogP) is 2.41. The number of aromatic hydroxyl groups is 1. The van der Waals surface area contributed by atoms with Crippen LogP contribution in [0.2, 0.25) is 0 Å². The Morgan fingerprint density at radius 1 is 1.41 bits per heavy atom. The molecule has 4 rings (SSSR count). The highest BCUT2D eigenvalue weighted by Crippen LogP contribution is 2.55. The average molecular weight is 400 g/mol. The van der Waals surface area contributed by atoms with Gasteiger partial charge < -0.3 is 19.9 Å². The number of fused-ring (bicyclic) bond motifs is 4. The van der Waals surface area contributed by atoms with E-state index < -0.39 is 11.4 Å². The number of phenols is 1. The number of carbonyl (C=O) groups excluding carboxylic acids is 2. The maximum absolute atomic E-state index is 13.2. The minimum Gasteiger partial charge on any atom is -0.508 e. The van der Waals surface area contributed by atoms with Gasteiger partial charge in [-0.1, -0.05) is 19.4 Å². The Bertz CT molecular complexity index is 867. The Hall–Kier alpha value is -2.54. The van der Waals surface area contributed by atoms with Gasteiger partial charge in [-0.15, -0.1) is 0 Å². The Morgan fingerprint density at radius 2 is 2.21 bits per heavy atom. The number of nitrogens with zero attached hydrogens (tertiary/aromatic N) is 1. The van der Waals surface area contributed by atoms with E-state index in [-0.39, 0.29) is 29.5 Å². The molecule has 2 N–H and O–H groups in total. The number of hydrogen-bond acceptors (Lipinski definition) is 6. The third kappa shape index (κ3) is 2.82. The maximum atomic E-state index is 13.2. The van der Waals surface area contributed by atoms with Crippen molar-refractivity contribution in [3.63, 3.8) is 0 Å². The molecule has 3 heterocycles. The van der Waals surface area contributed by atoms with Gasteiger partial charge in [-0.05, 0) is 43.4 Å². The molecule has 7 nitrogen and oxygen atoms in total. The Labute approximate surface area is 170 Å². The Balaban J connectivity index is 1.77. The third-order valence-corrected chi connectivity index (χ3v) is 7.05. The number of ether oxygens (including phenoxy) is 2. The van der Waals surface area contributed by atoms with Crippen LogP contribution in [-0.4, -0.2) is 55.2 Å². The van der Waals surface area contributed by atoms with Crippen molar-refractivity contribution in [1.82, 2.24) is 4.90 Å². The molecule has 0 unspecified atom stereocenters. The second-order valence-corrected chi connectivity index (χ2v) is 8.20. The number of hydrogen-bond donors (Lipinski definition) is 2. The molecule has 0 bridgehead atoms. The molecule has 1 spiro atoms. The van der Waals surface area contributed by atoms with E-state index in [0.29, 0.717) is 29.7 Å². The second-order valence-electron chi connectivity index (χ2n) is 8.20. The molecule has 1 aromatic carbocycles. The van der Waals surface area contributed by atoms with Gasteiger partial charge in [-0.25, -0.2) is 4.79 Å². The van der Waals surface area contributed by atoms with Crippen LogP contribution in [0.3, 0.4) is 0 Å². The second kappa shape index (κ2) is 7.37. The fraction of sp³-hybridized carbons (Fsp3) is 0.545. The van der Waals surface area contributed by atoms with E-state index in [1.165, 1.54) is 20.5 Å². The van der Waals surface area contributed by atoms with E-state index in [2.05, 4.69) is 17.1 Å². The normalized spacial score (nSPS) is 31.3. The van der Waals surface area contributed by atoms with Crippen molar-refractivity contribution in [3.8, 4) is 5.75 Å². The van der Waals surface area contributed by atoms with Gasteiger partial charge in [0.1, 0.15) is 5.75 Å². The van der Waals surface area contributed by atoms with Gasteiger partial charge in [-0.2, -0.15) is 0 Å². The summed E-state index contributed by atoms with van der Waals surface area (Å²) in [4.78, 5) is 28.1. The SMILES string of the molecule is CC[C@@H]1CN2CC[C@@]3(C(=O)Nc4cccc(O)c43)[C@@H]2C[C@@H]1C(=COC)C(=O)OC. The van der Waals surface area contributed by atoms with Crippen molar-refractivity contribution in [2.24, 2.45) is 11.8 Å². The van der Waals surface area contributed by atoms with Crippen molar-refractivity contribution in [2.75, 3.05) is 32.6 Å². The molecule has 3 aliphatic rings. The monoisotopic (exact) mass is 400 g/mol. The quantitative estimate of drug-likeness (QED) is 0.458. The molecule has 3 aliphatic heterocycles. The number of phenolic OH excluding ortho intramolecular Hbond substituents is 1. The third-order valence-electron chi connectivity index (χ3n) is 7.05. The van der Waals surface area contributed by atoms with Crippen LogP contribution in [-0.2, 0) is 24.5 Å². The van der Waals surface area contributed by atoms with Crippen molar-refractivity contribution in [1.29, 1.82) is 0 Å². The first-order chi connectivity index (χ1) is 14.0. The number of carbonyl (C=O) groups is 2. The lowest BCUT2D eigenvalue weighted by molar-refractivity contribution is -0.137. The summed E-state index contributed by atoms with van der Waals surface area (Å²) >= 11 is 0. The topological polar surface area (TPSA) is 88.1 Å². The molecule has 0 saturated carbocycles. The lowest BCUT2D eigenvalue weighted by Gasteiger charge is -2.45. The van der Waals surface area contributed by atoms with Crippen LogP contribution >= 0.6 is 0 Å². The van der Waals surface area contributed by atoms with Crippen LogP contribution in [0.15, 0.2) is 30.0 Å². The predicted molar refractivity (Wildman–Crippen MR) is 107 cm³/mol. The zero-order chi connectivity index (χ0) is 20.8. The number of methoxy groups -OCH3 is 2. The summed E-state index contributed by atoms with van der Waals surface area (Å²) in [6.45, 7) is 3.70. The fourth-order valence-electron chi connectivity index (χ4n) is 5.73. The van der Waals surface area contributed by atoms with Crippen molar-refractivity contribution in [3.05, 3.63) is 35.6 Å². The summed E-state index contributed by atoms with van der Waals surface area (Å²) in [5.41, 5.74) is 1.10. The largest absolute Gasteiger partial charge is 0.508 e. The molecule has 2 fully saturated rings. The van der Waals surface area contributed by atoms with Gasteiger partial charge in [0.2, 0.25) is 5.91 Å². The fourth-order valence-corrected chi connectivity index (χ4v) is 5.73. The van der Waals surface area contributed by atoms with Crippen LogP contribution < -0.4 is 5.32 Å². The zero-order valence-electron chi connectivity index (χ0n) is 17.1. The number of nitrogens with one attached hydrogen (secondary N) is 1. The standard InChI is InChI=1S/C22H28N2O5/c1-4-13-11-24-9-8-22(19-16(23-21(22)27)6-5-7-17(19)25)18(24)10-14(13)15(12-28-2)20(26)29-3/h5-7,12-14,18,25H,4,8-11H2,1-3H3,(H,23,27)/t13-,14+,18+,22-/m1/s1. The first-order valence-electron chi connectivity index (χ1n) is 10.2. The first kappa shape index (κ1) is 19.8. The molecule has 29 heavy (non-hydrogen) atoms. The Morgan fingerprint density at radius 3 is 2.90 bits per heavy atom. The molecular formula is C22H28N2O5. The van der Waals surface area contributed by atoms with Gasteiger partial charge in [-0.3, -0.25) is 9.69 Å². The minimum absolute atomic E-state index is 0.0643. The molecule has 156 valence electrons. The molecule has 1 aromatic rings. The zero-order valence-corrected chi connectivity index (χ0v) is 17.1. The van der Waals surface area contributed by atoms with Crippen LogP contribution in [0.5, 0.6) is 5.75 Å². The molecule has 0 aliphatic carbocycles. The summed E-state index contributed by atoms with van der Waals surface area (Å²) in [5, 5.41) is 13.6.